The minimum absolute atomic E-state index is 0.203. The average Bonchev–Trinajstić information content (AvgIpc) is 2.36. The van der Waals surface area contributed by atoms with E-state index in [4.69, 9.17) is 10.00 Å². The molecule has 0 saturated heterocycles. The minimum Gasteiger partial charge on any atom is -0.373 e. The van der Waals surface area contributed by atoms with Crippen molar-refractivity contribution in [2.45, 2.75) is 11.9 Å². The summed E-state index contributed by atoms with van der Waals surface area (Å²) >= 11 is 0. The van der Waals surface area contributed by atoms with Crippen molar-refractivity contribution in [2.75, 3.05) is 7.11 Å². The van der Waals surface area contributed by atoms with Gasteiger partial charge in [0, 0.05) is 18.2 Å². The van der Waals surface area contributed by atoms with Crippen molar-refractivity contribution in [3.8, 4) is 6.07 Å². The van der Waals surface area contributed by atoms with Gasteiger partial charge in [0.05, 0.1) is 0 Å². The van der Waals surface area contributed by atoms with Crippen LogP contribution in [0.15, 0.2) is 24.3 Å². The fourth-order valence-corrected chi connectivity index (χ4v) is 1.28. The summed E-state index contributed by atoms with van der Waals surface area (Å²) < 4.78 is 4.74. The molecule has 1 aromatic rings. The van der Waals surface area contributed by atoms with Gasteiger partial charge in [0.25, 0.3) is 0 Å². The topological polar surface area (TPSA) is 90.6 Å². The van der Waals surface area contributed by atoms with Crippen LogP contribution in [-0.4, -0.2) is 29.7 Å². The molecule has 1 rings (SSSR count). The first-order chi connectivity index (χ1) is 7.58. The van der Waals surface area contributed by atoms with E-state index in [0.29, 0.717) is 11.8 Å². The molecule has 84 valence electrons. The molecule has 5 nitrogen and oxygen atoms in total. The van der Waals surface area contributed by atoms with Crippen molar-refractivity contribution in [2.24, 2.45) is 0 Å². The molecular formula is C11H11NO4. The molecule has 0 radical (unpaired) electrons. The van der Waals surface area contributed by atoms with Gasteiger partial charge in [0.15, 0.2) is 6.10 Å². The number of carbonyl (C=O) groups is 1. The van der Waals surface area contributed by atoms with E-state index in [2.05, 4.69) is 0 Å². The molecule has 5 heteroatoms. The molecule has 2 N–H and O–H groups in total. The van der Waals surface area contributed by atoms with Gasteiger partial charge in [-0.25, -0.2) is 0 Å². The van der Waals surface area contributed by atoms with E-state index >= 15 is 0 Å². The molecule has 0 fully saturated rings. The Labute approximate surface area is 92.5 Å². The zero-order chi connectivity index (χ0) is 12.2. The predicted octanol–water partition coefficient (Wildman–Crippen LogP) is 0.175. The van der Waals surface area contributed by atoms with E-state index in [0.717, 1.165) is 0 Å². The molecule has 16 heavy (non-hydrogen) atoms. The van der Waals surface area contributed by atoms with Crippen LogP contribution in [0.5, 0.6) is 0 Å². The Morgan fingerprint density at radius 2 is 2.06 bits per heavy atom. The number of rotatable bonds is 4. The molecule has 0 heterocycles. The Morgan fingerprint density at radius 3 is 2.44 bits per heavy atom. The first-order valence-electron chi connectivity index (χ1n) is 4.49. The van der Waals surface area contributed by atoms with Gasteiger partial charge in [-0.2, -0.15) is 5.26 Å². The van der Waals surface area contributed by atoms with Crippen LogP contribution in [0.4, 0.5) is 0 Å². The third-order valence-corrected chi connectivity index (χ3v) is 2.26. The number of aldehydes is 1. The number of aliphatic hydroxyl groups excluding tert-OH is 1. The Kier molecular flexibility index (Phi) is 3.74. The molecule has 0 aliphatic rings. The summed E-state index contributed by atoms with van der Waals surface area (Å²) in [5.41, 5.74) is 0.628. The minimum atomic E-state index is -2.09. The molecule has 0 spiro atoms. The number of carbonyl (C=O) groups excluding carboxylic acids is 1. The van der Waals surface area contributed by atoms with Gasteiger partial charge >= 0.3 is 0 Å². The number of methoxy groups -OCH3 is 1. The van der Waals surface area contributed by atoms with Gasteiger partial charge in [0.2, 0.25) is 5.79 Å². The molecule has 0 bridgehead atoms. The van der Waals surface area contributed by atoms with Crippen LogP contribution in [-0.2, 0) is 10.5 Å². The van der Waals surface area contributed by atoms with Crippen LogP contribution in [0.2, 0.25) is 0 Å². The van der Waals surface area contributed by atoms with Crippen molar-refractivity contribution in [3.05, 3.63) is 35.4 Å². The van der Waals surface area contributed by atoms with E-state index in [-0.39, 0.29) is 5.56 Å². The largest absolute Gasteiger partial charge is 0.373 e. The Balaban J connectivity index is 3.13. The lowest BCUT2D eigenvalue weighted by molar-refractivity contribution is -0.237. The highest BCUT2D eigenvalue weighted by Crippen LogP contribution is 2.25. The maximum Gasteiger partial charge on any atom is 0.233 e. The van der Waals surface area contributed by atoms with Crippen LogP contribution in [0.25, 0.3) is 0 Å². The maximum atomic E-state index is 10.4. The van der Waals surface area contributed by atoms with E-state index < -0.39 is 11.9 Å². The Hall–Kier alpha value is -1.74. The van der Waals surface area contributed by atoms with E-state index in [1.807, 2.05) is 0 Å². The van der Waals surface area contributed by atoms with Crippen LogP contribution < -0.4 is 0 Å². The third kappa shape index (κ3) is 2.09. The zero-order valence-electron chi connectivity index (χ0n) is 8.62. The lowest BCUT2D eigenvalue weighted by atomic mass is 9.99. The SMILES string of the molecule is COC(O)(c1ccc(C=O)cc1)C(O)C#N. The fourth-order valence-electron chi connectivity index (χ4n) is 1.28. The highest BCUT2D eigenvalue weighted by Gasteiger charge is 2.38. The van der Waals surface area contributed by atoms with Crippen LogP contribution in [0.3, 0.4) is 0 Å². The molecule has 2 unspecified atom stereocenters. The van der Waals surface area contributed by atoms with E-state index in [1.165, 1.54) is 37.4 Å². The number of benzene rings is 1. The Morgan fingerprint density at radius 1 is 1.50 bits per heavy atom. The van der Waals surface area contributed by atoms with Crippen molar-refractivity contribution in [1.29, 1.82) is 5.26 Å². The van der Waals surface area contributed by atoms with Gasteiger partial charge in [-0.15, -0.1) is 0 Å². The summed E-state index contributed by atoms with van der Waals surface area (Å²) in [4.78, 5) is 10.4. The second-order valence-corrected chi connectivity index (χ2v) is 3.17. The number of nitrogens with zero attached hydrogens (tertiary/aromatic N) is 1. The summed E-state index contributed by atoms with van der Waals surface area (Å²) in [7, 11) is 1.17. The second kappa shape index (κ2) is 4.86. The Bertz CT molecular complexity index is 409. The average molecular weight is 221 g/mol. The van der Waals surface area contributed by atoms with Crippen molar-refractivity contribution in [3.63, 3.8) is 0 Å². The van der Waals surface area contributed by atoms with Gasteiger partial charge in [-0.3, -0.25) is 4.79 Å². The van der Waals surface area contributed by atoms with Crippen LogP contribution >= 0.6 is 0 Å². The third-order valence-electron chi connectivity index (χ3n) is 2.26. The van der Waals surface area contributed by atoms with Crippen LogP contribution in [0, 0.1) is 11.3 Å². The quantitative estimate of drug-likeness (QED) is 0.430. The molecule has 2 atom stereocenters. The predicted molar refractivity (Wildman–Crippen MR) is 54.4 cm³/mol. The molecule has 0 aliphatic heterocycles. The maximum absolute atomic E-state index is 10.4. The van der Waals surface area contributed by atoms with Crippen molar-refractivity contribution >= 4 is 6.29 Å². The summed E-state index contributed by atoms with van der Waals surface area (Å²) in [5.74, 6) is -2.09. The number of hydrogen-bond acceptors (Lipinski definition) is 5. The standard InChI is InChI=1S/C11H11NO4/c1-16-11(15,10(14)6-12)9-4-2-8(7-13)3-5-9/h2-5,7,10,14-15H,1H3. The lowest BCUT2D eigenvalue weighted by Crippen LogP contribution is -2.40. The summed E-state index contributed by atoms with van der Waals surface area (Å²) in [6, 6.07) is 7.23. The summed E-state index contributed by atoms with van der Waals surface area (Å²) in [6.45, 7) is 0. The first kappa shape index (κ1) is 12.3. The van der Waals surface area contributed by atoms with Crippen molar-refractivity contribution < 1.29 is 19.7 Å². The lowest BCUT2D eigenvalue weighted by Gasteiger charge is -2.27. The molecule has 1 aromatic carbocycles. The molecular weight excluding hydrogens is 210 g/mol. The normalized spacial score (nSPS) is 15.9. The van der Waals surface area contributed by atoms with Gasteiger partial charge < -0.3 is 14.9 Å². The highest BCUT2D eigenvalue weighted by atomic mass is 16.6. The number of hydrogen-bond donors (Lipinski definition) is 2. The second-order valence-electron chi connectivity index (χ2n) is 3.17. The summed E-state index contributed by atoms with van der Waals surface area (Å²) in [6.07, 6.45) is -1.06. The fraction of sp³-hybridized carbons (Fsp3) is 0.273. The van der Waals surface area contributed by atoms with Gasteiger partial charge in [-0.1, -0.05) is 24.3 Å². The molecule has 0 saturated carbocycles. The van der Waals surface area contributed by atoms with Gasteiger partial charge in [-0.05, 0) is 0 Å². The van der Waals surface area contributed by atoms with Crippen LogP contribution in [0.1, 0.15) is 15.9 Å². The van der Waals surface area contributed by atoms with Crippen molar-refractivity contribution in [1.82, 2.24) is 0 Å². The van der Waals surface area contributed by atoms with E-state index in [1.54, 1.807) is 0 Å². The highest BCUT2D eigenvalue weighted by molar-refractivity contribution is 5.74. The molecule has 0 aromatic heterocycles. The first-order valence-corrected chi connectivity index (χ1v) is 4.49. The zero-order valence-corrected chi connectivity index (χ0v) is 8.62. The molecule has 0 amide bonds. The van der Waals surface area contributed by atoms with Gasteiger partial charge in [0.1, 0.15) is 12.4 Å². The van der Waals surface area contributed by atoms with E-state index in [9.17, 15) is 15.0 Å². The summed E-state index contributed by atoms with van der Waals surface area (Å²) in [5, 5.41) is 27.9. The molecule has 0 aliphatic carbocycles. The monoisotopic (exact) mass is 221 g/mol. The smallest absolute Gasteiger partial charge is 0.233 e. The number of ether oxygens (including phenoxy) is 1. The number of nitriles is 1. The number of aliphatic hydroxyl groups is 2.